The smallest absolute Gasteiger partial charge is 0.192 e. The number of halogens is 1. The van der Waals surface area contributed by atoms with Crippen molar-refractivity contribution in [1.82, 2.24) is 4.98 Å². The lowest BCUT2D eigenvalue weighted by Crippen LogP contribution is -1.94. The fraction of sp³-hybridized carbons (Fsp3) is 0.133. The van der Waals surface area contributed by atoms with Crippen molar-refractivity contribution in [2.75, 3.05) is 0 Å². The summed E-state index contributed by atoms with van der Waals surface area (Å²) in [5, 5.41) is 0. The number of aromatic nitrogens is 1. The van der Waals surface area contributed by atoms with Gasteiger partial charge in [-0.25, -0.2) is 4.98 Å². The van der Waals surface area contributed by atoms with E-state index in [-0.39, 0.29) is 0 Å². The minimum Gasteiger partial charge on any atom is -0.489 e. The van der Waals surface area contributed by atoms with E-state index in [0.29, 0.717) is 12.5 Å². The van der Waals surface area contributed by atoms with E-state index in [1.165, 1.54) is 0 Å². The molecule has 0 N–H and O–H groups in total. The maximum absolute atomic E-state index is 5.75. The molecular weight excluding hydrogens is 306 g/mol. The Morgan fingerprint density at radius 2 is 1.95 bits per heavy atom. The van der Waals surface area contributed by atoms with Gasteiger partial charge in [-0.3, -0.25) is 0 Å². The molecule has 0 aliphatic heterocycles. The average Bonchev–Trinajstić information content (AvgIpc) is 2.77. The van der Waals surface area contributed by atoms with Crippen LogP contribution in [0.4, 0.5) is 0 Å². The molecular formula is C15H12BrNO2. The molecule has 0 aliphatic carbocycles. The quantitative estimate of drug-likeness (QED) is 0.714. The lowest BCUT2D eigenvalue weighted by atomic mass is 10.2. The van der Waals surface area contributed by atoms with Gasteiger partial charge in [0.25, 0.3) is 0 Å². The van der Waals surface area contributed by atoms with Crippen LogP contribution in [0.5, 0.6) is 5.75 Å². The van der Waals surface area contributed by atoms with Crippen molar-refractivity contribution in [3.05, 3.63) is 58.4 Å². The highest BCUT2D eigenvalue weighted by molar-refractivity contribution is 9.10. The number of fused-ring (bicyclic) bond motifs is 1. The van der Waals surface area contributed by atoms with Gasteiger partial charge in [0.1, 0.15) is 17.9 Å². The summed E-state index contributed by atoms with van der Waals surface area (Å²) in [7, 11) is 0. The molecule has 0 aliphatic rings. The van der Waals surface area contributed by atoms with Crippen molar-refractivity contribution in [2.45, 2.75) is 13.5 Å². The lowest BCUT2D eigenvalue weighted by Gasteiger charge is -2.06. The first kappa shape index (κ1) is 12.2. The molecule has 0 radical (unpaired) electrons. The number of rotatable bonds is 3. The third-order valence-electron chi connectivity index (χ3n) is 2.78. The molecule has 96 valence electrons. The summed E-state index contributed by atoms with van der Waals surface area (Å²) in [5.74, 6) is 1.46. The SMILES string of the molecule is Cc1nc2cc(OCc3ccc(Br)cc3)ccc2o1. The third-order valence-corrected chi connectivity index (χ3v) is 3.31. The van der Waals surface area contributed by atoms with E-state index in [0.717, 1.165) is 26.9 Å². The van der Waals surface area contributed by atoms with Crippen LogP contribution in [0.2, 0.25) is 0 Å². The van der Waals surface area contributed by atoms with Gasteiger partial charge in [-0.1, -0.05) is 28.1 Å². The monoisotopic (exact) mass is 317 g/mol. The number of nitrogens with zero attached hydrogens (tertiary/aromatic N) is 1. The van der Waals surface area contributed by atoms with Crippen LogP contribution >= 0.6 is 15.9 Å². The van der Waals surface area contributed by atoms with E-state index in [9.17, 15) is 0 Å². The fourth-order valence-corrected chi connectivity index (χ4v) is 2.12. The van der Waals surface area contributed by atoms with Crippen LogP contribution in [0.3, 0.4) is 0 Å². The topological polar surface area (TPSA) is 35.3 Å². The van der Waals surface area contributed by atoms with Crippen LogP contribution in [0.15, 0.2) is 51.4 Å². The van der Waals surface area contributed by atoms with Crippen LogP contribution in [0.25, 0.3) is 11.1 Å². The van der Waals surface area contributed by atoms with Gasteiger partial charge in [0, 0.05) is 17.5 Å². The van der Waals surface area contributed by atoms with E-state index < -0.39 is 0 Å². The highest BCUT2D eigenvalue weighted by Gasteiger charge is 2.04. The lowest BCUT2D eigenvalue weighted by molar-refractivity contribution is 0.306. The average molecular weight is 318 g/mol. The van der Waals surface area contributed by atoms with E-state index in [1.807, 2.05) is 49.4 Å². The number of hydrogen-bond donors (Lipinski definition) is 0. The summed E-state index contributed by atoms with van der Waals surface area (Å²) >= 11 is 3.41. The summed E-state index contributed by atoms with van der Waals surface area (Å²) < 4.78 is 12.2. The Kier molecular flexibility index (Phi) is 3.25. The van der Waals surface area contributed by atoms with Gasteiger partial charge in [-0.05, 0) is 29.8 Å². The second-order valence-corrected chi connectivity index (χ2v) is 5.19. The molecule has 0 spiro atoms. The van der Waals surface area contributed by atoms with Gasteiger partial charge in [-0.15, -0.1) is 0 Å². The van der Waals surface area contributed by atoms with Crippen molar-refractivity contribution in [3.8, 4) is 5.75 Å². The Morgan fingerprint density at radius 1 is 1.16 bits per heavy atom. The minimum atomic E-state index is 0.537. The van der Waals surface area contributed by atoms with Gasteiger partial charge in [0.15, 0.2) is 11.5 Å². The molecule has 2 aromatic carbocycles. The molecule has 1 heterocycles. The first-order valence-corrected chi connectivity index (χ1v) is 6.74. The number of benzene rings is 2. The predicted octanol–water partition coefficient (Wildman–Crippen LogP) is 4.48. The number of hydrogen-bond acceptors (Lipinski definition) is 3. The fourth-order valence-electron chi connectivity index (χ4n) is 1.86. The molecule has 0 saturated carbocycles. The first-order chi connectivity index (χ1) is 9.20. The van der Waals surface area contributed by atoms with Crippen molar-refractivity contribution >= 4 is 27.0 Å². The largest absolute Gasteiger partial charge is 0.489 e. The summed E-state index contributed by atoms with van der Waals surface area (Å²) in [5.41, 5.74) is 2.74. The van der Waals surface area contributed by atoms with Gasteiger partial charge < -0.3 is 9.15 Å². The summed E-state index contributed by atoms with van der Waals surface area (Å²) in [6, 6.07) is 13.7. The molecule has 0 saturated heterocycles. The predicted molar refractivity (Wildman–Crippen MR) is 77.2 cm³/mol. The van der Waals surface area contributed by atoms with Crippen LogP contribution < -0.4 is 4.74 Å². The highest BCUT2D eigenvalue weighted by Crippen LogP contribution is 2.22. The Balaban J connectivity index is 1.75. The van der Waals surface area contributed by atoms with Crippen molar-refractivity contribution in [3.63, 3.8) is 0 Å². The summed E-state index contributed by atoms with van der Waals surface area (Å²) in [6.45, 7) is 2.37. The molecule has 3 rings (SSSR count). The molecule has 0 atom stereocenters. The van der Waals surface area contributed by atoms with E-state index >= 15 is 0 Å². The Labute approximate surface area is 119 Å². The molecule has 4 heteroatoms. The zero-order valence-corrected chi connectivity index (χ0v) is 12.0. The standard InChI is InChI=1S/C15H12BrNO2/c1-10-17-14-8-13(6-7-15(14)19-10)18-9-11-2-4-12(16)5-3-11/h2-8H,9H2,1H3. The normalized spacial score (nSPS) is 10.8. The van der Waals surface area contributed by atoms with Gasteiger partial charge >= 0.3 is 0 Å². The molecule has 3 nitrogen and oxygen atoms in total. The summed E-state index contributed by atoms with van der Waals surface area (Å²) in [4.78, 5) is 4.29. The van der Waals surface area contributed by atoms with Crippen LogP contribution in [-0.4, -0.2) is 4.98 Å². The van der Waals surface area contributed by atoms with Crippen LogP contribution in [-0.2, 0) is 6.61 Å². The highest BCUT2D eigenvalue weighted by atomic mass is 79.9. The first-order valence-electron chi connectivity index (χ1n) is 5.95. The van der Waals surface area contributed by atoms with Gasteiger partial charge in [-0.2, -0.15) is 0 Å². The minimum absolute atomic E-state index is 0.537. The third kappa shape index (κ3) is 2.79. The maximum atomic E-state index is 5.75. The molecule has 1 aromatic heterocycles. The second-order valence-electron chi connectivity index (χ2n) is 4.28. The molecule has 0 fully saturated rings. The Bertz CT molecular complexity index is 704. The zero-order chi connectivity index (χ0) is 13.2. The molecule has 0 bridgehead atoms. The number of aryl methyl sites for hydroxylation is 1. The van der Waals surface area contributed by atoms with Crippen molar-refractivity contribution < 1.29 is 9.15 Å². The van der Waals surface area contributed by atoms with Crippen LogP contribution in [0, 0.1) is 6.92 Å². The van der Waals surface area contributed by atoms with E-state index in [4.69, 9.17) is 9.15 Å². The van der Waals surface area contributed by atoms with Gasteiger partial charge in [0.05, 0.1) is 0 Å². The molecule has 0 amide bonds. The zero-order valence-electron chi connectivity index (χ0n) is 10.4. The molecule has 0 unspecified atom stereocenters. The maximum Gasteiger partial charge on any atom is 0.192 e. The van der Waals surface area contributed by atoms with E-state index in [2.05, 4.69) is 20.9 Å². The Hall–Kier alpha value is -1.81. The van der Waals surface area contributed by atoms with Crippen LogP contribution in [0.1, 0.15) is 11.5 Å². The van der Waals surface area contributed by atoms with E-state index in [1.54, 1.807) is 0 Å². The molecule has 3 aromatic rings. The summed E-state index contributed by atoms with van der Waals surface area (Å²) in [6.07, 6.45) is 0. The number of oxazole rings is 1. The van der Waals surface area contributed by atoms with Crippen molar-refractivity contribution in [2.24, 2.45) is 0 Å². The molecule has 19 heavy (non-hydrogen) atoms. The van der Waals surface area contributed by atoms with Gasteiger partial charge in [0.2, 0.25) is 0 Å². The number of ether oxygens (including phenoxy) is 1. The second kappa shape index (κ2) is 5.05. The Morgan fingerprint density at radius 3 is 2.74 bits per heavy atom. The van der Waals surface area contributed by atoms with Crippen molar-refractivity contribution in [1.29, 1.82) is 0 Å².